The van der Waals surface area contributed by atoms with Gasteiger partial charge in [0, 0.05) is 55.5 Å². The molecule has 1 aromatic heterocycles. The lowest BCUT2D eigenvalue weighted by Crippen LogP contribution is -2.47. The Bertz CT molecular complexity index is 700. The number of anilines is 2. The van der Waals surface area contributed by atoms with Gasteiger partial charge in [0.05, 0.1) is 5.02 Å². The molecule has 2 aromatic rings. The van der Waals surface area contributed by atoms with Crippen molar-refractivity contribution in [2.75, 3.05) is 42.9 Å². The van der Waals surface area contributed by atoms with Crippen LogP contribution >= 0.6 is 27.5 Å². The van der Waals surface area contributed by atoms with E-state index in [0.717, 1.165) is 48.7 Å². The number of rotatable bonds is 5. The fraction of sp³-hybridized carbons (Fsp3) is 0.333. The third-order valence-corrected chi connectivity index (χ3v) is 4.94. The zero-order valence-corrected chi connectivity index (χ0v) is 16.1. The summed E-state index contributed by atoms with van der Waals surface area (Å²) in [7, 11) is 0. The first-order valence-electron chi connectivity index (χ1n) is 8.24. The van der Waals surface area contributed by atoms with E-state index in [-0.39, 0.29) is 5.91 Å². The number of amides is 1. The molecule has 132 valence electrons. The minimum Gasteiger partial charge on any atom is -0.354 e. The molecule has 1 amide bonds. The van der Waals surface area contributed by atoms with E-state index < -0.39 is 0 Å². The van der Waals surface area contributed by atoms with Crippen LogP contribution in [0, 0.1) is 0 Å². The maximum absolute atomic E-state index is 12.1. The van der Waals surface area contributed by atoms with Crippen LogP contribution in [0.5, 0.6) is 0 Å². The number of carbonyl (C=O) groups excluding carboxylic acids is 1. The minimum absolute atomic E-state index is 0.0455. The molecule has 1 N–H and O–H groups in total. The van der Waals surface area contributed by atoms with E-state index in [4.69, 9.17) is 11.6 Å². The Morgan fingerprint density at radius 1 is 1.12 bits per heavy atom. The minimum atomic E-state index is 0.0455. The number of hydrogen-bond donors (Lipinski definition) is 1. The van der Waals surface area contributed by atoms with Crippen LogP contribution in [0.25, 0.3) is 0 Å². The fourth-order valence-corrected chi connectivity index (χ4v) is 3.15. The van der Waals surface area contributed by atoms with Crippen molar-refractivity contribution in [3.05, 3.63) is 52.1 Å². The van der Waals surface area contributed by atoms with Gasteiger partial charge in [0.25, 0.3) is 0 Å². The summed E-state index contributed by atoms with van der Waals surface area (Å²) < 4.78 is 0.999. The molecule has 1 aromatic carbocycles. The third kappa shape index (κ3) is 5.42. The molecule has 0 radical (unpaired) electrons. The lowest BCUT2D eigenvalue weighted by atomic mass is 10.2. The number of carbonyl (C=O) groups is 1. The molecule has 0 unspecified atom stereocenters. The summed E-state index contributed by atoms with van der Waals surface area (Å²) in [4.78, 5) is 21.0. The maximum atomic E-state index is 12.1. The quantitative estimate of drug-likeness (QED) is 0.797. The Kier molecular flexibility index (Phi) is 6.29. The van der Waals surface area contributed by atoms with E-state index in [0.29, 0.717) is 11.4 Å². The van der Waals surface area contributed by atoms with Gasteiger partial charge in [-0.3, -0.25) is 9.69 Å². The molecular weight excluding hydrogens is 404 g/mol. The van der Waals surface area contributed by atoms with Crippen LogP contribution in [0.1, 0.15) is 6.42 Å². The average molecular weight is 424 g/mol. The second-order valence-electron chi connectivity index (χ2n) is 5.97. The number of hydrogen-bond acceptors (Lipinski definition) is 4. The summed E-state index contributed by atoms with van der Waals surface area (Å²) in [6.07, 6.45) is 2.17. The summed E-state index contributed by atoms with van der Waals surface area (Å²) >= 11 is 9.27. The van der Waals surface area contributed by atoms with E-state index >= 15 is 0 Å². The van der Waals surface area contributed by atoms with Gasteiger partial charge in [-0.15, -0.1) is 0 Å². The van der Waals surface area contributed by atoms with Crippen molar-refractivity contribution in [2.45, 2.75) is 6.42 Å². The molecule has 0 spiro atoms. The lowest BCUT2D eigenvalue weighted by Gasteiger charge is -2.35. The predicted octanol–water partition coefficient (Wildman–Crippen LogP) is 3.65. The van der Waals surface area contributed by atoms with Crippen molar-refractivity contribution in [3.63, 3.8) is 0 Å². The smallest absolute Gasteiger partial charge is 0.225 e. The molecule has 2 heterocycles. The van der Waals surface area contributed by atoms with Gasteiger partial charge in [-0.25, -0.2) is 4.98 Å². The highest BCUT2D eigenvalue weighted by atomic mass is 79.9. The van der Waals surface area contributed by atoms with E-state index in [9.17, 15) is 4.79 Å². The molecule has 7 heteroatoms. The summed E-state index contributed by atoms with van der Waals surface area (Å²) in [6, 6.07) is 11.4. The molecule has 0 atom stereocenters. The normalized spacial score (nSPS) is 15.2. The van der Waals surface area contributed by atoms with Gasteiger partial charge < -0.3 is 10.2 Å². The molecule has 1 aliphatic heterocycles. The number of benzene rings is 1. The van der Waals surface area contributed by atoms with E-state index in [1.807, 2.05) is 36.4 Å². The Labute approximate surface area is 161 Å². The number of nitrogens with one attached hydrogen (secondary N) is 1. The maximum Gasteiger partial charge on any atom is 0.225 e. The van der Waals surface area contributed by atoms with E-state index in [2.05, 4.69) is 36.0 Å². The molecule has 1 aliphatic rings. The largest absolute Gasteiger partial charge is 0.354 e. The van der Waals surface area contributed by atoms with Crippen molar-refractivity contribution in [1.82, 2.24) is 9.88 Å². The summed E-state index contributed by atoms with van der Waals surface area (Å²) in [5.74, 6) is 1.00. The summed E-state index contributed by atoms with van der Waals surface area (Å²) in [5, 5.41) is 3.58. The van der Waals surface area contributed by atoms with Crippen molar-refractivity contribution in [2.24, 2.45) is 0 Å². The molecule has 5 nitrogen and oxygen atoms in total. The second-order valence-corrected chi connectivity index (χ2v) is 7.32. The lowest BCUT2D eigenvalue weighted by molar-refractivity contribution is -0.116. The molecule has 0 saturated carbocycles. The Morgan fingerprint density at radius 3 is 2.48 bits per heavy atom. The standard InChI is InChI=1S/C18H20BrClN4O/c19-14-1-4-16(5-2-14)22-18(25)7-8-23-9-11-24(12-10-23)17-6-3-15(20)13-21-17/h1-6,13H,7-12H2,(H,22,25). The number of piperazine rings is 1. The van der Waals surface area contributed by atoms with E-state index in [1.54, 1.807) is 6.20 Å². The van der Waals surface area contributed by atoms with Gasteiger partial charge in [-0.05, 0) is 36.4 Å². The first-order valence-corrected chi connectivity index (χ1v) is 9.41. The predicted molar refractivity (Wildman–Crippen MR) is 105 cm³/mol. The van der Waals surface area contributed by atoms with Crippen LogP contribution in [-0.2, 0) is 4.79 Å². The Balaban J connectivity index is 1.40. The summed E-state index contributed by atoms with van der Waals surface area (Å²) in [5.41, 5.74) is 0.826. The second kappa shape index (κ2) is 8.65. The monoisotopic (exact) mass is 422 g/mol. The highest BCUT2D eigenvalue weighted by Gasteiger charge is 2.18. The molecule has 0 aliphatic carbocycles. The zero-order chi connectivity index (χ0) is 17.6. The molecule has 1 saturated heterocycles. The number of pyridine rings is 1. The molecule has 1 fully saturated rings. The highest BCUT2D eigenvalue weighted by molar-refractivity contribution is 9.10. The van der Waals surface area contributed by atoms with Gasteiger partial charge in [-0.1, -0.05) is 27.5 Å². The van der Waals surface area contributed by atoms with Crippen LogP contribution in [0.3, 0.4) is 0 Å². The SMILES string of the molecule is O=C(CCN1CCN(c2ccc(Cl)cn2)CC1)Nc1ccc(Br)cc1. The summed E-state index contributed by atoms with van der Waals surface area (Å²) in [6.45, 7) is 4.43. The van der Waals surface area contributed by atoms with Gasteiger partial charge in [-0.2, -0.15) is 0 Å². The highest BCUT2D eigenvalue weighted by Crippen LogP contribution is 2.17. The van der Waals surface area contributed by atoms with Gasteiger partial charge in [0.1, 0.15) is 5.82 Å². The number of aromatic nitrogens is 1. The van der Waals surface area contributed by atoms with Gasteiger partial charge >= 0.3 is 0 Å². The third-order valence-electron chi connectivity index (χ3n) is 4.19. The van der Waals surface area contributed by atoms with Crippen LogP contribution in [0.4, 0.5) is 11.5 Å². The fourth-order valence-electron chi connectivity index (χ4n) is 2.77. The Hall–Kier alpha value is -1.63. The first-order chi connectivity index (χ1) is 12.1. The van der Waals surface area contributed by atoms with Crippen molar-refractivity contribution in [1.29, 1.82) is 0 Å². The molecule has 0 bridgehead atoms. The first kappa shape index (κ1) is 18.2. The van der Waals surface area contributed by atoms with Crippen LogP contribution < -0.4 is 10.2 Å². The van der Waals surface area contributed by atoms with Gasteiger partial charge in [0.15, 0.2) is 0 Å². The van der Waals surface area contributed by atoms with Crippen LogP contribution in [0.2, 0.25) is 5.02 Å². The Morgan fingerprint density at radius 2 is 1.84 bits per heavy atom. The van der Waals surface area contributed by atoms with Crippen LogP contribution in [-0.4, -0.2) is 48.5 Å². The molecule has 25 heavy (non-hydrogen) atoms. The number of nitrogens with zero attached hydrogens (tertiary/aromatic N) is 3. The molecular formula is C18H20BrClN4O. The van der Waals surface area contributed by atoms with Crippen molar-refractivity contribution in [3.8, 4) is 0 Å². The molecule has 3 rings (SSSR count). The van der Waals surface area contributed by atoms with E-state index in [1.165, 1.54) is 0 Å². The van der Waals surface area contributed by atoms with Gasteiger partial charge in [0.2, 0.25) is 5.91 Å². The van der Waals surface area contributed by atoms with Crippen LogP contribution in [0.15, 0.2) is 47.1 Å². The zero-order valence-electron chi connectivity index (χ0n) is 13.8. The number of halogens is 2. The van der Waals surface area contributed by atoms with Crippen molar-refractivity contribution < 1.29 is 4.79 Å². The topological polar surface area (TPSA) is 48.5 Å². The van der Waals surface area contributed by atoms with Crippen molar-refractivity contribution >= 4 is 44.9 Å². The average Bonchev–Trinajstić information content (AvgIpc) is 2.63.